The van der Waals surface area contributed by atoms with Crippen LogP contribution in [0.3, 0.4) is 0 Å². The molecule has 6 nitrogen and oxygen atoms in total. The van der Waals surface area contributed by atoms with Gasteiger partial charge in [-0.25, -0.2) is 15.0 Å². The summed E-state index contributed by atoms with van der Waals surface area (Å²) in [6.07, 6.45) is 8.77. The zero-order chi connectivity index (χ0) is 16.2. The molecule has 0 aliphatic heterocycles. The van der Waals surface area contributed by atoms with Crippen LogP contribution in [-0.2, 0) is 19.5 Å². The number of anilines is 1. The van der Waals surface area contributed by atoms with E-state index < -0.39 is 0 Å². The van der Waals surface area contributed by atoms with Gasteiger partial charge < -0.3 is 4.90 Å². The van der Waals surface area contributed by atoms with Crippen molar-refractivity contribution < 1.29 is 0 Å². The van der Waals surface area contributed by atoms with Gasteiger partial charge in [0.25, 0.3) is 0 Å². The van der Waals surface area contributed by atoms with Crippen molar-refractivity contribution in [2.45, 2.75) is 32.4 Å². The Morgan fingerprint density at radius 3 is 2.96 bits per heavy atom. The molecule has 0 N–H and O–H groups in total. The van der Waals surface area contributed by atoms with Gasteiger partial charge in [-0.3, -0.25) is 4.68 Å². The summed E-state index contributed by atoms with van der Waals surface area (Å²) in [5, 5.41) is 8.50. The highest BCUT2D eigenvalue weighted by Gasteiger charge is 2.22. The Balaban J connectivity index is 1.51. The molecule has 3 aromatic heterocycles. The SMILES string of the molecule is c1nc(CC2CC2)cc(N(CCn2cncn2)Cc2ccsc2)n1. The first-order chi connectivity index (χ1) is 11.9. The van der Waals surface area contributed by atoms with E-state index in [4.69, 9.17) is 0 Å². The summed E-state index contributed by atoms with van der Waals surface area (Å²) >= 11 is 1.73. The quantitative estimate of drug-likeness (QED) is 0.631. The van der Waals surface area contributed by atoms with Gasteiger partial charge >= 0.3 is 0 Å². The van der Waals surface area contributed by atoms with Crippen LogP contribution in [0, 0.1) is 5.92 Å². The molecule has 0 atom stereocenters. The first-order valence-electron chi connectivity index (χ1n) is 8.26. The van der Waals surface area contributed by atoms with Crippen molar-refractivity contribution in [1.29, 1.82) is 0 Å². The Labute approximate surface area is 145 Å². The molecular formula is C17H20N6S. The number of rotatable bonds is 8. The van der Waals surface area contributed by atoms with Gasteiger partial charge in [-0.15, -0.1) is 0 Å². The Morgan fingerprint density at radius 1 is 1.25 bits per heavy atom. The summed E-state index contributed by atoms with van der Waals surface area (Å²) in [6.45, 7) is 2.46. The van der Waals surface area contributed by atoms with E-state index >= 15 is 0 Å². The predicted molar refractivity (Wildman–Crippen MR) is 93.9 cm³/mol. The number of hydrogen-bond acceptors (Lipinski definition) is 6. The minimum Gasteiger partial charge on any atom is -0.350 e. The lowest BCUT2D eigenvalue weighted by molar-refractivity contribution is 0.590. The molecule has 3 heterocycles. The van der Waals surface area contributed by atoms with Crippen LogP contribution in [0.1, 0.15) is 24.1 Å². The number of nitrogens with zero attached hydrogens (tertiary/aromatic N) is 6. The fourth-order valence-corrected chi connectivity index (χ4v) is 3.40. The van der Waals surface area contributed by atoms with E-state index in [1.807, 2.05) is 4.68 Å². The molecule has 0 bridgehead atoms. The summed E-state index contributed by atoms with van der Waals surface area (Å²) in [6, 6.07) is 4.31. The zero-order valence-corrected chi connectivity index (χ0v) is 14.3. The van der Waals surface area contributed by atoms with Crippen molar-refractivity contribution in [3.63, 3.8) is 0 Å². The van der Waals surface area contributed by atoms with Gasteiger partial charge in [-0.1, -0.05) is 0 Å². The molecular weight excluding hydrogens is 320 g/mol. The van der Waals surface area contributed by atoms with E-state index in [2.05, 4.69) is 47.8 Å². The molecule has 1 aliphatic carbocycles. The molecule has 0 radical (unpaired) electrons. The fraction of sp³-hybridized carbons (Fsp3) is 0.412. The van der Waals surface area contributed by atoms with Gasteiger partial charge in [-0.05, 0) is 47.6 Å². The zero-order valence-electron chi connectivity index (χ0n) is 13.5. The van der Waals surface area contributed by atoms with Crippen molar-refractivity contribution in [2.75, 3.05) is 11.4 Å². The van der Waals surface area contributed by atoms with Crippen molar-refractivity contribution in [2.24, 2.45) is 5.92 Å². The Bertz CT molecular complexity index is 751. The topological polar surface area (TPSA) is 59.7 Å². The minimum atomic E-state index is 0.784. The van der Waals surface area contributed by atoms with Gasteiger partial charge in [0.05, 0.1) is 6.54 Å². The average molecular weight is 340 g/mol. The third-order valence-corrected chi connectivity index (χ3v) is 4.98. The highest BCUT2D eigenvalue weighted by molar-refractivity contribution is 7.07. The van der Waals surface area contributed by atoms with Crippen LogP contribution in [0.25, 0.3) is 0 Å². The lowest BCUT2D eigenvalue weighted by atomic mass is 10.2. The standard InChI is InChI=1S/C17H20N6S/c1-2-14(1)7-16-8-17(20-12-19-16)22(9-15-3-6-24-10-15)4-5-23-13-18-11-21-23/h3,6,8,10-14H,1-2,4-5,7,9H2. The van der Waals surface area contributed by atoms with Gasteiger partial charge in [0, 0.05) is 24.8 Å². The second kappa shape index (κ2) is 7.09. The third kappa shape index (κ3) is 3.97. The van der Waals surface area contributed by atoms with Crippen LogP contribution in [0.4, 0.5) is 5.82 Å². The van der Waals surface area contributed by atoms with Crippen LogP contribution >= 0.6 is 11.3 Å². The number of thiophene rings is 1. The average Bonchev–Trinajstić information content (AvgIpc) is 3.05. The summed E-state index contributed by atoms with van der Waals surface area (Å²) < 4.78 is 1.85. The monoisotopic (exact) mass is 340 g/mol. The molecule has 0 aromatic carbocycles. The summed E-state index contributed by atoms with van der Waals surface area (Å²) in [5.74, 6) is 1.82. The van der Waals surface area contributed by atoms with Crippen LogP contribution in [0.15, 0.2) is 41.9 Å². The molecule has 1 fully saturated rings. The van der Waals surface area contributed by atoms with E-state index in [9.17, 15) is 0 Å². The van der Waals surface area contributed by atoms with Crippen molar-refractivity contribution >= 4 is 17.2 Å². The molecule has 24 heavy (non-hydrogen) atoms. The smallest absolute Gasteiger partial charge is 0.137 e. The summed E-state index contributed by atoms with van der Waals surface area (Å²) in [7, 11) is 0. The van der Waals surface area contributed by atoms with Gasteiger partial charge in [0.15, 0.2) is 0 Å². The normalized spacial score (nSPS) is 14.0. The molecule has 7 heteroatoms. The van der Waals surface area contributed by atoms with Crippen molar-refractivity contribution in [1.82, 2.24) is 24.7 Å². The Kier molecular flexibility index (Phi) is 4.51. The second-order valence-corrected chi connectivity index (χ2v) is 7.01. The first kappa shape index (κ1) is 15.3. The lowest BCUT2D eigenvalue weighted by Crippen LogP contribution is -2.28. The highest BCUT2D eigenvalue weighted by atomic mass is 32.1. The largest absolute Gasteiger partial charge is 0.350 e. The van der Waals surface area contributed by atoms with E-state index in [0.717, 1.165) is 43.5 Å². The molecule has 0 saturated heterocycles. The maximum Gasteiger partial charge on any atom is 0.137 e. The van der Waals surface area contributed by atoms with Gasteiger partial charge in [-0.2, -0.15) is 16.4 Å². The molecule has 4 rings (SSSR count). The summed E-state index contributed by atoms with van der Waals surface area (Å²) in [4.78, 5) is 15.3. The van der Waals surface area contributed by atoms with Crippen LogP contribution in [0.2, 0.25) is 0 Å². The molecule has 0 spiro atoms. The molecule has 0 unspecified atom stereocenters. The van der Waals surface area contributed by atoms with E-state index in [1.165, 1.54) is 18.4 Å². The molecule has 1 saturated carbocycles. The lowest BCUT2D eigenvalue weighted by Gasteiger charge is -2.23. The summed E-state index contributed by atoms with van der Waals surface area (Å²) in [5.41, 5.74) is 2.46. The first-order valence-corrected chi connectivity index (χ1v) is 9.20. The maximum absolute atomic E-state index is 4.52. The molecule has 0 amide bonds. The Morgan fingerprint density at radius 2 is 2.21 bits per heavy atom. The highest BCUT2D eigenvalue weighted by Crippen LogP contribution is 2.32. The molecule has 3 aromatic rings. The molecule has 124 valence electrons. The fourth-order valence-electron chi connectivity index (χ4n) is 2.74. The third-order valence-electron chi connectivity index (χ3n) is 4.25. The van der Waals surface area contributed by atoms with E-state index in [-0.39, 0.29) is 0 Å². The van der Waals surface area contributed by atoms with Gasteiger partial charge in [0.2, 0.25) is 0 Å². The van der Waals surface area contributed by atoms with Crippen LogP contribution in [-0.4, -0.2) is 31.3 Å². The maximum atomic E-state index is 4.52. The molecule has 1 aliphatic rings. The number of hydrogen-bond donors (Lipinski definition) is 0. The van der Waals surface area contributed by atoms with E-state index in [0.29, 0.717) is 0 Å². The van der Waals surface area contributed by atoms with Gasteiger partial charge in [0.1, 0.15) is 24.8 Å². The second-order valence-electron chi connectivity index (χ2n) is 6.23. The predicted octanol–water partition coefficient (Wildman–Crippen LogP) is 2.79. The minimum absolute atomic E-state index is 0.784. The van der Waals surface area contributed by atoms with Crippen LogP contribution < -0.4 is 4.90 Å². The van der Waals surface area contributed by atoms with Crippen molar-refractivity contribution in [3.05, 3.63) is 53.1 Å². The Hall–Kier alpha value is -2.28. The van der Waals surface area contributed by atoms with Crippen LogP contribution in [0.5, 0.6) is 0 Å². The number of aromatic nitrogens is 5. The van der Waals surface area contributed by atoms with E-state index in [1.54, 1.807) is 30.3 Å². The van der Waals surface area contributed by atoms with Crippen molar-refractivity contribution in [3.8, 4) is 0 Å².